The topological polar surface area (TPSA) is 59.4 Å². The minimum Gasteiger partial charge on any atom is -0.479 e. The van der Waals surface area contributed by atoms with E-state index in [4.69, 9.17) is 21.4 Å². The van der Waals surface area contributed by atoms with E-state index < -0.39 is 18.5 Å². The van der Waals surface area contributed by atoms with Crippen molar-refractivity contribution in [2.45, 2.75) is 19.8 Å². The number of carboxylic acid groups (broad SMARTS) is 1. The second-order valence-corrected chi connectivity index (χ2v) is 3.56. The highest BCUT2D eigenvalue weighted by Gasteiger charge is 2.12. The summed E-state index contributed by atoms with van der Waals surface area (Å²) in [5.41, 5.74) is 0.398. The van der Waals surface area contributed by atoms with Gasteiger partial charge in [-0.1, -0.05) is 24.9 Å². The fraction of sp³-hybridized carbons (Fsp3) is 0.400. The number of hydrogen-bond donors (Lipinski definition) is 1. The van der Waals surface area contributed by atoms with Crippen LogP contribution in [0.15, 0.2) is 6.07 Å². The van der Waals surface area contributed by atoms with Gasteiger partial charge >= 0.3 is 5.97 Å². The minimum absolute atomic E-state index is 0.117. The normalized spacial score (nSPS) is 10.2. The largest absolute Gasteiger partial charge is 0.479 e. The van der Waals surface area contributed by atoms with Gasteiger partial charge in [0.2, 0.25) is 11.8 Å². The van der Waals surface area contributed by atoms with E-state index in [9.17, 15) is 9.18 Å². The van der Waals surface area contributed by atoms with Crippen molar-refractivity contribution in [3.05, 3.63) is 22.6 Å². The van der Waals surface area contributed by atoms with Crippen molar-refractivity contribution in [2.24, 2.45) is 0 Å². The van der Waals surface area contributed by atoms with Crippen molar-refractivity contribution in [3.63, 3.8) is 0 Å². The predicted molar refractivity (Wildman–Crippen MR) is 56.3 cm³/mol. The van der Waals surface area contributed by atoms with Crippen LogP contribution in [0.25, 0.3) is 0 Å². The SMILES string of the molecule is CCCc1cc(Cl)c(OCC(=O)O)nc1F. The zero-order chi connectivity index (χ0) is 12.1. The molecule has 6 heteroatoms. The maximum absolute atomic E-state index is 13.3. The van der Waals surface area contributed by atoms with E-state index in [1.165, 1.54) is 6.07 Å². The summed E-state index contributed by atoms with van der Waals surface area (Å²) in [4.78, 5) is 13.7. The van der Waals surface area contributed by atoms with Crippen molar-refractivity contribution in [1.82, 2.24) is 4.98 Å². The fourth-order valence-electron chi connectivity index (χ4n) is 1.16. The number of aryl methyl sites for hydroxylation is 1. The van der Waals surface area contributed by atoms with E-state index in [1.807, 2.05) is 6.92 Å². The highest BCUT2D eigenvalue weighted by atomic mass is 35.5. The summed E-state index contributed by atoms with van der Waals surface area (Å²) >= 11 is 5.77. The Bertz CT molecular complexity index is 398. The van der Waals surface area contributed by atoms with E-state index in [0.717, 1.165) is 6.42 Å². The number of nitrogens with zero attached hydrogens (tertiary/aromatic N) is 1. The lowest BCUT2D eigenvalue weighted by atomic mass is 10.2. The average Bonchev–Trinajstić information content (AvgIpc) is 2.21. The molecule has 4 nitrogen and oxygen atoms in total. The monoisotopic (exact) mass is 247 g/mol. The summed E-state index contributed by atoms with van der Waals surface area (Å²) in [6, 6.07) is 1.41. The van der Waals surface area contributed by atoms with Gasteiger partial charge in [0.25, 0.3) is 0 Å². The van der Waals surface area contributed by atoms with Crippen LogP contribution in [0.2, 0.25) is 5.02 Å². The van der Waals surface area contributed by atoms with Crippen molar-refractivity contribution >= 4 is 17.6 Å². The second kappa shape index (κ2) is 5.65. The first-order chi connectivity index (χ1) is 7.54. The number of halogens is 2. The maximum atomic E-state index is 13.3. The zero-order valence-electron chi connectivity index (χ0n) is 8.67. The highest BCUT2D eigenvalue weighted by Crippen LogP contribution is 2.24. The Balaban J connectivity index is 2.87. The Labute approximate surface area is 97.0 Å². The number of hydrogen-bond acceptors (Lipinski definition) is 3. The molecule has 1 rings (SSSR count). The Morgan fingerprint density at radius 3 is 2.94 bits per heavy atom. The van der Waals surface area contributed by atoms with Gasteiger partial charge < -0.3 is 9.84 Å². The molecule has 0 radical (unpaired) electrons. The molecule has 1 heterocycles. The first kappa shape index (κ1) is 12.7. The molecule has 1 aromatic heterocycles. The highest BCUT2D eigenvalue weighted by molar-refractivity contribution is 6.31. The first-order valence-corrected chi connectivity index (χ1v) is 5.12. The average molecular weight is 248 g/mol. The summed E-state index contributed by atoms with van der Waals surface area (Å²) in [5, 5.41) is 8.50. The van der Waals surface area contributed by atoms with Crippen LogP contribution in [0.4, 0.5) is 4.39 Å². The molecule has 0 spiro atoms. The molecule has 0 fully saturated rings. The number of carboxylic acids is 1. The van der Waals surface area contributed by atoms with E-state index in [1.54, 1.807) is 0 Å². The van der Waals surface area contributed by atoms with E-state index in [2.05, 4.69) is 4.98 Å². The van der Waals surface area contributed by atoms with Gasteiger partial charge in [-0.25, -0.2) is 4.79 Å². The van der Waals surface area contributed by atoms with Crippen molar-refractivity contribution in [3.8, 4) is 5.88 Å². The maximum Gasteiger partial charge on any atom is 0.341 e. The molecular formula is C10H11ClFNO3. The lowest BCUT2D eigenvalue weighted by molar-refractivity contribution is -0.139. The number of pyridine rings is 1. The minimum atomic E-state index is -1.17. The number of rotatable bonds is 5. The molecule has 0 atom stereocenters. The van der Waals surface area contributed by atoms with E-state index in [-0.39, 0.29) is 10.9 Å². The van der Waals surface area contributed by atoms with Gasteiger partial charge in [0.15, 0.2) is 6.61 Å². The molecule has 88 valence electrons. The van der Waals surface area contributed by atoms with Gasteiger partial charge in [-0.2, -0.15) is 9.37 Å². The first-order valence-electron chi connectivity index (χ1n) is 4.74. The zero-order valence-corrected chi connectivity index (χ0v) is 9.42. The van der Waals surface area contributed by atoms with Crippen LogP contribution in [0.3, 0.4) is 0 Å². The Morgan fingerprint density at radius 1 is 1.69 bits per heavy atom. The molecule has 0 saturated heterocycles. The van der Waals surface area contributed by atoms with Crippen LogP contribution in [-0.2, 0) is 11.2 Å². The second-order valence-electron chi connectivity index (χ2n) is 3.16. The Morgan fingerprint density at radius 2 is 2.38 bits per heavy atom. The third-order valence-corrected chi connectivity index (χ3v) is 2.09. The van der Waals surface area contributed by atoms with Gasteiger partial charge in [-0.15, -0.1) is 0 Å². The van der Waals surface area contributed by atoms with Gasteiger partial charge in [0, 0.05) is 5.56 Å². The summed E-state index contributed by atoms with van der Waals surface area (Å²) in [6.45, 7) is 1.31. The van der Waals surface area contributed by atoms with Gasteiger partial charge in [-0.05, 0) is 12.5 Å². The molecule has 16 heavy (non-hydrogen) atoms. The smallest absolute Gasteiger partial charge is 0.341 e. The standard InChI is InChI=1S/C10H11ClFNO3/c1-2-3-6-4-7(11)10(13-9(6)12)16-5-8(14)15/h4H,2-3,5H2,1H3,(H,14,15). The molecule has 1 N–H and O–H groups in total. The molecule has 0 amide bonds. The fourth-order valence-corrected chi connectivity index (χ4v) is 1.39. The number of ether oxygens (including phenoxy) is 1. The Kier molecular flexibility index (Phi) is 4.49. The summed E-state index contributed by atoms with van der Waals surface area (Å²) in [7, 11) is 0. The van der Waals surface area contributed by atoms with Crippen LogP contribution in [0, 0.1) is 5.95 Å². The molecule has 1 aromatic rings. The molecule has 0 aliphatic heterocycles. The third-order valence-electron chi connectivity index (χ3n) is 1.82. The van der Waals surface area contributed by atoms with Crippen LogP contribution in [-0.4, -0.2) is 22.7 Å². The number of aromatic nitrogens is 1. The summed E-state index contributed by atoms with van der Waals surface area (Å²) in [5.74, 6) is -2.04. The quantitative estimate of drug-likeness (QED) is 0.811. The van der Waals surface area contributed by atoms with Crippen LogP contribution in [0.1, 0.15) is 18.9 Å². The molecule has 0 unspecified atom stereocenters. The number of aliphatic carboxylic acids is 1. The van der Waals surface area contributed by atoms with Gasteiger partial charge in [0.05, 0.1) is 0 Å². The van der Waals surface area contributed by atoms with Crippen LogP contribution >= 0.6 is 11.6 Å². The molecule has 0 saturated carbocycles. The van der Waals surface area contributed by atoms with E-state index >= 15 is 0 Å². The van der Waals surface area contributed by atoms with Crippen molar-refractivity contribution in [1.29, 1.82) is 0 Å². The molecular weight excluding hydrogens is 237 g/mol. The lowest BCUT2D eigenvalue weighted by Crippen LogP contribution is -2.11. The molecule has 0 aliphatic carbocycles. The summed E-state index contributed by atoms with van der Waals surface area (Å²) < 4.78 is 18.1. The lowest BCUT2D eigenvalue weighted by Gasteiger charge is -2.07. The molecule has 0 aliphatic rings. The Hall–Kier alpha value is -1.36. The van der Waals surface area contributed by atoms with Crippen LogP contribution < -0.4 is 4.74 Å². The molecule has 0 bridgehead atoms. The third kappa shape index (κ3) is 3.34. The van der Waals surface area contributed by atoms with E-state index in [0.29, 0.717) is 12.0 Å². The van der Waals surface area contributed by atoms with Gasteiger partial charge in [-0.3, -0.25) is 0 Å². The van der Waals surface area contributed by atoms with Crippen molar-refractivity contribution in [2.75, 3.05) is 6.61 Å². The van der Waals surface area contributed by atoms with Crippen molar-refractivity contribution < 1.29 is 19.0 Å². The van der Waals surface area contributed by atoms with Gasteiger partial charge in [0.1, 0.15) is 5.02 Å². The summed E-state index contributed by atoms with van der Waals surface area (Å²) in [6.07, 6.45) is 1.29. The number of carbonyl (C=O) groups is 1. The molecule has 0 aromatic carbocycles. The predicted octanol–water partition coefficient (Wildman–Crippen LogP) is 2.29. The van der Waals surface area contributed by atoms with Crippen LogP contribution in [0.5, 0.6) is 5.88 Å².